The van der Waals surface area contributed by atoms with Crippen molar-refractivity contribution in [2.24, 2.45) is 5.10 Å². The quantitative estimate of drug-likeness (QED) is 0.703. The zero-order valence-corrected chi connectivity index (χ0v) is 17.1. The lowest BCUT2D eigenvalue weighted by Gasteiger charge is -2.51. The number of likely N-dealkylation sites (tertiary alicyclic amines) is 1. The van der Waals surface area contributed by atoms with Crippen LogP contribution < -0.4 is 4.74 Å². The zero-order chi connectivity index (χ0) is 18.4. The fourth-order valence-electron chi connectivity index (χ4n) is 4.62. The third-order valence-corrected chi connectivity index (χ3v) is 6.43. The summed E-state index contributed by atoms with van der Waals surface area (Å²) in [6, 6.07) is 10.5. The van der Waals surface area contributed by atoms with Crippen LogP contribution in [0.25, 0.3) is 0 Å². The van der Waals surface area contributed by atoms with E-state index in [1.165, 1.54) is 12.0 Å². The predicted octanol–water partition coefficient (Wildman–Crippen LogP) is 4.79. The standard InChI is InChI=1S/C21H24BrN3O2/c1-2-9-24-10-7-21(8-11-24)25-18(14-17(23-25)20-4-3-12-26-20)16-13-15(22)5-6-19(16)27-21/h3-6,12-13,18H,2,7-11,14H2,1H3/t18-/m1/s1. The first-order chi connectivity index (χ1) is 13.2. The molecule has 1 aromatic carbocycles. The van der Waals surface area contributed by atoms with E-state index < -0.39 is 0 Å². The topological polar surface area (TPSA) is 41.2 Å². The van der Waals surface area contributed by atoms with Gasteiger partial charge in [-0.15, -0.1) is 0 Å². The molecule has 5 nitrogen and oxygen atoms in total. The molecule has 3 aliphatic rings. The highest BCUT2D eigenvalue weighted by atomic mass is 79.9. The second-order valence-electron chi connectivity index (χ2n) is 7.66. The van der Waals surface area contributed by atoms with E-state index in [1.807, 2.05) is 12.1 Å². The molecule has 1 saturated heterocycles. The van der Waals surface area contributed by atoms with Crippen molar-refractivity contribution in [3.05, 3.63) is 52.4 Å². The lowest BCUT2D eigenvalue weighted by atomic mass is 9.91. The van der Waals surface area contributed by atoms with Gasteiger partial charge in [0.15, 0.2) is 0 Å². The molecule has 2 aromatic rings. The molecule has 142 valence electrons. The van der Waals surface area contributed by atoms with Gasteiger partial charge in [-0.3, -0.25) is 0 Å². The minimum atomic E-state index is -0.357. The third-order valence-electron chi connectivity index (χ3n) is 5.94. The van der Waals surface area contributed by atoms with Crippen LogP contribution >= 0.6 is 15.9 Å². The molecule has 0 N–H and O–H groups in total. The Bertz CT molecular complexity index is 856. The van der Waals surface area contributed by atoms with E-state index >= 15 is 0 Å². The van der Waals surface area contributed by atoms with Gasteiger partial charge in [-0.2, -0.15) is 5.10 Å². The molecule has 27 heavy (non-hydrogen) atoms. The van der Waals surface area contributed by atoms with Crippen LogP contribution in [0.2, 0.25) is 0 Å². The molecule has 0 saturated carbocycles. The maximum Gasteiger partial charge on any atom is 0.200 e. The number of benzene rings is 1. The molecule has 1 aromatic heterocycles. The number of ether oxygens (including phenoxy) is 1. The van der Waals surface area contributed by atoms with Crippen LogP contribution in [0.15, 0.2) is 50.6 Å². The van der Waals surface area contributed by atoms with Gasteiger partial charge in [0.1, 0.15) is 17.2 Å². The van der Waals surface area contributed by atoms with Gasteiger partial charge in [-0.25, -0.2) is 5.01 Å². The summed E-state index contributed by atoms with van der Waals surface area (Å²) in [4.78, 5) is 2.54. The highest BCUT2D eigenvalue weighted by Crippen LogP contribution is 2.50. The van der Waals surface area contributed by atoms with Crippen molar-refractivity contribution in [3.63, 3.8) is 0 Å². The molecule has 4 heterocycles. The van der Waals surface area contributed by atoms with Gasteiger partial charge < -0.3 is 14.1 Å². The second-order valence-corrected chi connectivity index (χ2v) is 8.58. The molecule has 1 atom stereocenters. The Balaban J connectivity index is 1.53. The summed E-state index contributed by atoms with van der Waals surface area (Å²) in [6.07, 6.45) is 5.69. The number of fused-ring (bicyclic) bond motifs is 4. The van der Waals surface area contributed by atoms with Gasteiger partial charge in [0.2, 0.25) is 5.72 Å². The zero-order valence-electron chi connectivity index (χ0n) is 15.5. The minimum absolute atomic E-state index is 0.198. The molecule has 6 heteroatoms. The Morgan fingerprint density at radius 3 is 2.85 bits per heavy atom. The Kier molecular flexibility index (Phi) is 4.28. The largest absolute Gasteiger partial charge is 0.466 e. The molecule has 0 unspecified atom stereocenters. The van der Waals surface area contributed by atoms with Gasteiger partial charge >= 0.3 is 0 Å². The number of furan rings is 1. The van der Waals surface area contributed by atoms with E-state index in [0.29, 0.717) is 0 Å². The molecule has 0 aliphatic carbocycles. The molecule has 0 bridgehead atoms. The monoisotopic (exact) mass is 429 g/mol. The Hall–Kier alpha value is -1.79. The number of nitrogens with zero attached hydrogens (tertiary/aromatic N) is 3. The van der Waals surface area contributed by atoms with Crippen LogP contribution in [0, 0.1) is 0 Å². The van der Waals surface area contributed by atoms with Crippen molar-refractivity contribution in [1.82, 2.24) is 9.91 Å². The van der Waals surface area contributed by atoms with Crippen molar-refractivity contribution in [2.45, 2.75) is 44.4 Å². The number of rotatable bonds is 3. The van der Waals surface area contributed by atoms with E-state index in [2.05, 4.69) is 51.0 Å². The van der Waals surface area contributed by atoms with Gasteiger partial charge in [-0.05, 0) is 43.3 Å². The average Bonchev–Trinajstić information content (AvgIpc) is 3.34. The van der Waals surface area contributed by atoms with Crippen molar-refractivity contribution >= 4 is 21.6 Å². The van der Waals surface area contributed by atoms with E-state index in [9.17, 15) is 0 Å². The summed E-state index contributed by atoms with van der Waals surface area (Å²) in [5.74, 6) is 1.86. The van der Waals surface area contributed by atoms with E-state index in [4.69, 9.17) is 14.3 Å². The smallest absolute Gasteiger partial charge is 0.200 e. The Labute approximate surface area is 168 Å². The number of hydrazone groups is 1. The molecule has 1 fully saturated rings. The van der Waals surface area contributed by atoms with Crippen molar-refractivity contribution < 1.29 is 9.15 Å². The van der Waals surface area contributed by atoms with Crippen LogP contribution in [0.3, 0.4) is 0 Å². The first kappa shape index (κ1) is 17.3. The van der Waals surface area contributed by atoms with Gasteiger partial charge in [0.25, 0.3) is 0 Å². The number of piperidine rings is 1. The summed E-state index contributed by atoms with van der Waals surface area (Å²) in [6.45, 7) is 5.50. The summed E-state index contributed by atoms with van der Waals surface area (Å²) >= 11 is 3.62. The van der Waals surface area contributed by atoms with Crippen LogP contribution in [0.5, 0.6) is 5.75 Å². The third kappa shape index (κ3) is 2.90. The average molecular weight is 430 g/mol. The summed E-state index contributed by atoms with van der Waals surface area (Å²) in [5, 5.41) is 7.27. The first-order valence-electron chi connectivity index (χ1n) is 9.80. The minimum Gasteiger partial charge on any atom is -0.466 e. The normalized spacial score (nSPS) is 23.7. The van der Waals surface area contributed by atoms with Gasteiger partial charge in [0, 0.05) is 42.4 Å². The number of hydrogen-bond donors (Lipinski definition) is 0. The molecule has 5 rings (SSSR count). The molecule has 0 radical (unpaired) electrons. The molecule has 0 amide bonds. The van der Waals surface area contributed by atoms with E-state index in [-0.39, 0.29) is 11.8 Å². The fraction of sp³-hybridized carbons (Fsp3) is 0.476. The predicted molar refractivity (Wildman–Crippen MR) is 108 cm³/mol. The summed E-state index contributed by atoms with van der Waals surface area (Å²) in [7, 11) is 0. The second kappa shape index (κ2) is 6.67. The highest BCUT2D eigenvalue weighted by molar-refractivity contribution is 9.10. The van der Waals surface area contributed by atoms with Crippen LogP contribution in [0.4, 0.5) is 0 Å². The maximum atomic E-state index is 6.66. The van der Waals surface area contributed by atoms with Crippen LogP contribution in [-0.4, -0.2) is 41.0 Å². The van der Waals surface area contributed by atoms with Gasteiger partial charge in [0.05, 0.1) is 12.3 Å². The maximum absolute atomic E-state index is 6.66. The van der Waals surface area contributed by atoms with Crippen LogP contribution in [0.1, 0.15) is 50.0 Å². The molecular formula is C21H24BrN3O2. The molecule has 3 aliphatic heterocycles. The molecule has 1 spiro atoms. The SMILES string of the molecule is CCCN1CCC2(CC1)Oc1ccc(Br)cc1[C@H]1CC(c3ccco3)=NN12. The number of halogens is 1. The van der Waals surface area contributed by atoms with E-state index in [1.54, 1.807) is 6.26 Å². The van der Waals surface area contributed by atoms with E-state index in [0.717, 1.165) is 60.6 Å². The fourth-order valence-corrected chi connectivity index (χ4v) is 5.00. The first-order valence-corrected chi connectivity index (χ1v) is 10.6. The van der Waals surface area contributed by atoms with Crippen molar-refractivity contribution in [2.75, 3.05) is 19.6 Å². The van der Waals surface area contributed by atoms with Crippen molar-refractivity contribution in [3.8, 4) is 5.75 Å². The van der Waals surface area contributed by atoms with Gasteiger partial charge in [-0.1, -0.05) is 22.9 Å². The Morgan fingerprint density at radius 1 is 1.26 bits per heavy atom. The van der Waals surface area contributed by atoms with Crippen molar-refractivity contribution in [1.29, 1.82) is 0 Å². The van der Waals surface area contributed by atoms with Crippen LogP contribution in [-0.2, 0) is 0 Å². The lowest BCUT2D eigenvalue weighted by Crippen LogP contribution is -2.59. The Morgan fingerprint density at radius 2 is 2.11 bits per heavy atom. The summed E-state index contributed by atoms with van der Waals surface area (Å²) < 4.78 is 13.4. The molecular weight excluding hydrogens is 406 g/mol. The lowest BCUT2D eigenvalue weighted by molar-refractivity contribution is -0.149. The highest BCUT2D eigenvalue weighted by Gasteiger charge is 2.52. The summed E-state index contributed by atoms with van der Waals surface area (Å²) in [5.41, 5.74) is 1.86. The number of hydrogen-bond acceptors (Lipinski definition) is 5.